The van der Waals surface area contributed by atoms with Crippen LogP contribution in [0.25, 0.3) is 0 Å². The van der Waals surface area contributed by atoms with Gasteiger partial charge in [-0.1, -0.05) is 30.3 Å². The van der Waals surface area contributed by atoms with Crippen molar-refractivity contribution in [2.75, 3.05) is 11.9 Å². The number of anilines is 1. The van der Waals surface area contributed by atoms with Crippen molar-refractivity contribution in [2.24, 2.45) is 13.0 Å². The maximum absolute atomic E-state index is 13.6. The molecule has 2 aromatic carbocycles. The van der Waals surface area contributed by atoms with E-state index >= 15 is 0 Å². The van der Waals surface area contributed by atoms with Crippen LogP contribution in [0.4, 0.5) is 10.1 Å². The van der Waals surface area contributed by atoms with E-state index in [4.69, 9.17) is 4.74 Å². The van der Waals surface area contributed by atoms with Crippen LogP contribution in [-0.2, 0) is 28.3 Å². The second-order valence-corrected chi connectivity index (χ2v) is 10.8. The molecule has 2 amide bonds. The number of halogens is 1. The number of ether oxygens (including phenoxy) is 1. The molecule has 3 atom stereocenters. The van der Waals surface area contributed by atoms with Gasteiger partial charge in [0.2, 0.25) is 15.9 Å². The van der Waals surface area contributed by atoms with Crippen LogP contribution in [0.5, 0.6) is 5.75 Å². The molecule has 2 aliphatic rings. The monoisotopic (exact) mass is 512 g/mol. The number of carbonyl (C=O) groups excluding carboxylic acids is 2. The fourth-order valence-electron chi connectivity index (χ4n) is 4.72. The number of carbonyl (C=O) groups is 2. The van der Waals surface area contributed by atoms with E-state index in [1.807, 2.05) is 30.3 Å². The van der Waals surface area contributed by atoms with Gasteiger partial charge in [0.1, 0.15) is 16.8 Å². The Morgan fingerprint density at radius 1 is 1.22 bits per heavy atom. The van der Waals surface area contributed by atoms with Crippen molar-refractivity contribution in [3.05, 3.63) is 77.4 Å². The SMILES string of the molecule is Cc1cc(NC(=O)c2c3c(cn2C)S(=O)(=O)NC2C(=O)NC(Cc4ccccc4)C2CO3)ccc1F. The van der Waals surface area contributed by atoms with Crippen molar-refractivity contribution >= 4 is 27.5 Å². The number of hydrogen-bond acceptors (Lipinski definition) is 5. The molecule has 0 bridgehead atoms. The summed E-state index contributed by atoms with van der Waals surface area (Å²) < 4.78 is 50.0. The lowest BCUT2D eigenvalue weighted by atomic mass is 9.92. The standard InChI is InChI=1S/C25H25FN4O5S/c1-14-10-16(8-9-18(14)26)27-25(32)22-23-20(12-30(22)2)36(33,34)29-21-17(13-35-23)19(28-24(21)31)11-15-6-4-3-5-7-15/h3-10,12,17,19,21,29H,11,13H2,1-2H3,(H,27,32)(H,28,31). The van der Waals surface area contributed by atoms with Crippen LogP contribution in [-0.4, -0.2) is 43.5 Å². The largest absolute Gasteiger partial charge is 0.489 e. The fraction of sp³-hybridized carbons (Fsp3) is 0.280. The zero-order valence-electron chi connectivity index (χ0n) is 19.6. The molecular formula is C25H25FN4O5S. The summed E-state index contributed by atoms with van der Waals surface area (Å²) in [7, 11) is -2.66. The van der Waals surface area contributed by atoms with Crippen LogP contribution in [0, 0.1) is 18.7 Å². The van der Waals surface area contributed by atoms with E-state index in [0.29, 0.717) is 17.7 Å². The van der Waals surface area contributed by atoms with E-state index in [1.165, 1.54) is 36.0 Å². The molecule has 2 aliphatic heterocycles. The topological polar surface area (TPSA) is 119 Å². The van der Waals surface area contributed by atoms with Gasteiger partial charge in [-0.15, -0.1) is 0 Å². The third kappa shape index (κ3) is 4.35. The Morgan fingerprint density at radius 3 is 2.69 bits per heavy atom. The first-order chi connectivity index (χ1) is 17.1. The summed E-state index contributed by atoms with van der Waals surface area (Å²) in [5.41, 5.74) is 1.69. The molecule has 11 heteroatoms. The molecule has 5 rings (SSSR count). The number of benzene rings is 2. The van der Waals surface area contributed by atoms with Crippen LogP contribution < -0.4 is 20.1 Å². The molecule has 0 aliphatic carbocycles. The van der Waals surface area contributed by atoms with Crippen LogP contribution in [0.1, 0.15) is 21.6 Å². The molecule has 36 heavy (non-hydrogen) atoms. The molecule has 1 saturated heterocycles. The average Bonchev–Trinajstić information content (AvgIpc) is 3.30. The third-order valence-corrected chi connectivity index (χ3v) is 8.01. The Hall–Kier alpha value is -3.70. The van der Waals surface area contributed by atoms with Gasteiger partial charge in [-0.25, -0.2) is 12.8 Å². The van der Waals surface area contributed by atoms with Crippen molar-refractivity contribution in [3.8, 4) is 5.75 Å². The van der Waals surface area contributed by atoms with Crippen molar-refractivity contribution in [1.29, 1.82) is 0 Å². The van der Waals surface area contributed by atoms with Crippen LogP contribution >= 0.6 is 0 Å². The van der Waals surface area contributed by atoms with E-state index < -0.39 is 39.6 Å². The van der Waals surface area contributed by atoms with Crippen molar-refractivity contribution in [3.63, 3.8) is 0 Å². The fourth-order valence-corrected chi connectivity index (χ4v) is 6.16. The summed E-state index contributed by atoms with van der Waals surface area (Å²) in [6.07, 6.45) is 1.77. The first-order valence-electron chi connectivity index (χ1n) is 11.4. The molecule has 3 unspecified atom stereocenters. The minimum Gasteiger partial charge on any atom is -0.489 e. The number of aryl methyl sites for hydroxylation is 2. The number of aromatic nitrogens is 1. The zero-order valence-corrected chi connectivity index (χ0v) is 20.4. The Kier molecular flexibility index (Phi) is 6.05. The maximum atomic E-state index is 13.6. The van der Waals surface area contributed by atoms with Crippen molar-refractivity contribution in [1.82, 2.24) is 14.6 Å². The molecule has 9 nitrogen and oxygen atoms in total. The highest BCUT2D eigenvalue weighted by Crippen LogP contribution is 2.35. The quantitative estimate of drug-likeness (QED) is 0.495. The van der Waals surface area contributed by atoms with E-state index in [0.717, 1.165) is 5.56 Å². The van der Waals surface area contributed by atoms with E-state index in [1.54, 1.807) is 6.92 Å². The molecule has 3 N–H and O–H groups in total. The Balaban J connectivity index is 1.47. The highest BCUT2D eigenvalue weighted by atomic mass is 32.2. The van der Waals surface area contributed by atoms with E-state index in [-0.39, 0.29) is 29.0 Å². The van der Waals surface area contributed by atoms with E-state index in [9.17, 15) is 22.4 Å². The van der Waals surface area contributed by atoms with Gasteiger partial charge in [0.25, 0.3) is 5.91 Å². The minimum absolute atomic E-state index is 0.00676. The number of nitrogens with one attached hydrogen (secondary N) is 3. The smallest absolute Gasteiger partial charge is 0.276 e. The van der Waals surface area contributed by atoms with Crippen LogP contribution in [0.15, 0.2) is 59.6 Å². The first kappa shape index (κ1) is 24.0. The molecule has 3 aromatic rings. The minimum atomic E-state index is -4.19. The molecule has 1 fully saturated rings. The predicted octanol–water partition coefficient (Wildman–Crippen LogP) is 2.12. The average molecular weight is 513 g/mol. The second-order valence-electron chi connectivity index (χ2n) is 9.08. The Morgan fingerprint density at radius 2 is 1.97 bits per heavy atom. The lowest BCUT2D eigenvalue weighted by molar-refractivity contribution is -0.121. The van der Waals surface area contributed by atoms with Crippen molar-refractivity contribution in [2.45, 2.75) is 30.3 Å². The van der Waals surface area contributed by atoms with Gasteiger partial charge in [0, 0.05) is 30.9 Å². The molecule has 0 spiro atoms. The Bertz CT molecular complexity index is 1450. The molecular weight excluding hydrogens is 487 g/mol. The lowest BCUT2D eigenvalue weighted by Gasteiger charge is -2.26. The summed E-state index contributed by atoms with van der Waals surface area (Å²) in [6.45, 7) is 1.58. The number of sulfonamides is 1. The van der Waals surface area contributed by atoms with Gasteiger partial charge in [-0.2, -0.15) is 4.72 Å². The van der Waals surface area contributed by atoms with Crippen molar-refractivity contribution < 1.29 is 27.1 Å². The van der Waals surface area contributed by atoms with Crippen LogP contribution in [0.3, 0.4) is 0 Å². The zero-order chi connectivity index (χ0) is 25.6. The van der Waals surface area contributed by atoms with Gasteiger partial charge < -0.3 is 19.9 Å². The van der Waals surface area contributed by atoms with E-state index in [2.05, 4.69) is 15.4 Å². The number of rotatable bonds is 4. The molecule has 1 aromatic heterocycles. The number of nitrogens with zero attached hydrogens (tertiary/aromatic N) is 1. The predicted molar refractivity (Wildman–Crippen MR) is 130 cm³/mol. The third-order valence-electron chi connectivity index (χ3n) is 6.58. The van der Waals surface area contributed by atoms with Gasteiger partial charge in [-0.3, -0.25) is 9.59 Å². The van der Waals surface area contributed by atoms with Gasteiger partial charge in [0.15, 0.2) is 11.4 Å². The summed E-state index contributed by atoms with van der Waals surface area (Å²) in [5.74, 6) is -2.04. The summed E-state index contributed by atoms with van der Waals surface area (Å²) >= 11 is 0. The molecule has 0 saturated carbocycles. The molecule has 188 valence electrons. The number of hydrogen-bond donors (Lipinski definition) is 3. The lowest BCUT2D eigenvalue weighted by Crippen LogP contribution is -2.46. The summed E-state index contributed by atoms with van der Waals surface area (Å²) in [6, 6.07) is 12.3. The Labute approximate surface area is 207 Å². The highest BCUT2D eigenvalue weighted by Gasteiger charge is 2.47. The number of fused-ring (bicyclic) bond motifs is 2. The second kappa shape index (κ2) is 9.07. The van der Waals surface area contributed by atoms with Crippen LogP contribution in [0.2, 0.25) is 0 Å². The van der Waals surface area contributed by atoms with Gasteiger partial charge in [-0.05, 0) is 42.7 Å². The maximum Gasteiger partial charge on any atom is 0.276 e. The normalized spacial score (nSPS) is 22.4. The molecule has 3 heterocycles. The molecule has 0 radical (unpaired) electrons. The first-order valence-corrected chi connectivity index (χ1v) is 12.9. The number of amides is 2. The van der Waals surface area contributed by atoms with Gasteiger partial charge in [0.05, 0.1) is 6.61 Å². The highest BCUT2D eigenvalue weighted by molar-refractivity contribution is 7.89. The summed E-state index contributed by atoms with van der Waals surface area (Å²) in [4.78, 5) is 25.7. The summed E-state index contributed by atoms with van der Waals surface area (Å²) in [5, 5.41) is 5.56. The van der Waals surface area contributed by atoms with Gasteiger partial charge >= 0.3 is 0 Å².